The normalized spacial score (nSPS) is 19.1. The largest absolute Gasteiger partial charge is 0.325 e. The van der Waals surface area contributed by atoms with Crippen LogP contribution in [0.15, 0.2) is 64.5 Å². The molecule has 0 saturated heterocycles. The number of benzene rings is 2. The number of rotatable bonds is 0. The van der Waals surface area contributed by atoms with Gasteiger partial charge in [-0.15, -0.1) is 0 Å². The third kappa shape index (κ3) is 3.45. The van der Waals surface area contributed by atoms with Gasteiger partial charge >= 0.3 is 0 Å². The molecule has 0 fully saturated rings. The van der Waals surface area contributed by atoms with E-state index in [0.29, 0.717) is 12.6 Å². The van der Waals surface area contributed by atoms with Crippen LogP contribution in [0.2, 0.25) is 0 Å². The Hall–Kier alpha value is -2.57. The molecule has 1 unspecified atom stereocenters. The fourth-order valence-electron chi connectivity index (χ4n) is 4.10. The van der Waals surface area contributed by atoms with Gasteiger partial charge < -0.3 is 15.2 Å². The summed E-state index contributed by atoms with van der Waals surface area (Å²) in [4.78, 5) is 19.3. The summed E-state index contributed by atoms with van der Waals surface area (Å²) in [5, 5.41) is 6.26. The lowest BCUT2D eigenvalue weighted by molar-refractivity contribution is -0.115. The smallest absolute Gasteiger partial charge is 0.238 e. The van der Waals surface area contributed by atoms with Crippen LogP contribution in [0.5, 0.6) is 0 Å². The summed E-state index contributed by atoms with van der Waals surface area (Å²) in [7, 11) is 0. The number of carbonyl (C=O) groups is 1. The predicted octanol–water partition coefficient (Wildman–Crippen LogP) is 4.00. The summed E-state index contributed by atoms with van der Waals surface area (Å²) >= 11 is 1.73. The molecule has 0 aliphatic carbocycles. The van der Waals surface area contributed by atoms with Gasteiger partial charge in [-0.05, 0) is 48.7 Å². The Labute approximate surface area is 168 Å². The average molecular weight is 391 g/mol. The molecule has 0 saturated carbocycles. The van der Waals surface area contributed by atoms with Crippen molar-refractivity contribution in [3.8, 4) is 0 Å². The van der Waals surface area contributed by atoms with E-state index in [9.17, 15) is 4.79 Å². The summed E-state index contributed by atoms with van der Waals surface area (Å²) in [6.07, 6.45) is 5.23. The van der Waals surface area contributed by atoms with E-state index >= 15 is 0 Å². The zero-order chi connectivity index (χ0) is 18.9. The van der Waals surface area contributed by atoms with Crippen LogP contribution >= 0.6 is 11.8 Å². The van der Waals surface area contributed by atoms with E-state index in [0.717, 1.165) is 41.4 Å². The van der Waals surface area contributed by atoms with Gasteiger partial charge in [0.2, 0.25) is 5.91 Å². The first-order valence-electron chi connectivity index (χ1n) is 9.70. The number of hydrogen-bond acceptors (Lipinski definition) is 4. The van der Waals surface area contributed by atoms with Crippen LogP contribution in [0.4, 0.5) is 5.69 Å². The first kappa shape index (κ1) is 17.5. The highest BCUT2D eigenvalue weighted by Crippen LogP contribution is 2.36. The van der Waals surface area contributed by atoms with E-state index in [2.05, 4.69) is 50.5 Å². The van der Waals surface area contributed by atoms with Gasteiger partial charge in [-0.2, -0.15) is 0 Å². The van der Waals surface area contributed by atoms with Crippen LogP contribution < -0.4 is 10.6 Å². The van der Waals surface area contributed by atoms with Gasteiger partial charge in [0.25, 0.3) is 0 Å². The minimum absolute atomic E-state index is 0.0347. The average Bonchev–Trinajstić information content (AvgIpc) is 3.11. The van der Waals surface area contributed by atoms with Crippen molar-refractivity contribution in [2.45, 2.75) is 41.6 Å². The van der Waals surface area contributed by atoms with Crippen molar-refractivity contribution in [1.82, 2.24) is 14.9 Å². The summed E-state index contributed by atoms with van der Waals surface area (Å²) in [5.74, 6) is 1.11. The molecular weight excluding hydrogens is 368 g/mol. The van der Waals surface area contributed by atoms with Crippen molar-refractivity contribution in [2.24, 2.45) is 0 Å². The van der Waals surface area contributed by atoms with E-state index in [4.69, 9.17) is 0 Å². The van der Waals surface area contributed by atoms with Gasteiger partial charge in [0.05, 0.1) is 18.3 Å². The van der Waals surface area contributed by atoms with Crippen LogP contribution in [-0.2, 0) is 17.8 Å². The van der Waals surface area contributed by atoms with E-state index < -0.39 is 0 Å². The Balaban J connectivity index is 1.58. The Kier molecular flexibility index (Phi) is 4.66. The predicted molar refractivity (Wildman–Crippen MR) is 111 cm³/mol. The molecular formula is C22H22N4OS. The lowest BCUT2D eigenvalue weighted by Gasteiger charge is -2.28. The molecule has 0 radical (unpaired) electrons. The summed E-state index contributed by atoms with van der Waals surface area (Å²) < 4.78 is 2.37. The Morgan fingerprint density at radius 2 is 1.93 bits per heavy atom. The number of nitrogens with zero attached hydrogens (tertiary/aromatic N) is 2. The number of nitrogens with one attached hydrogen (secondary N) is 2. The standard InChI is InChI=1S/C22H22N4OS/c27-22-14-23-12-17-13-24-21-9-3-8-20(26(17)21)15-4-1-6-18(10-15)28-19-7-2-5-16(11-19)25-22/h1-2,4-7,10-11,13,20,23H,3,8-9,12,14H2,(H,25,27). The monoisotopic (exact) mass is 390 g/mol. The first-order chi connectivity index (χ1) is 13.8. The first-order valence-corrected chi connectivity index (χ1v) is 10.5. The van der Waals surface area contributed by atoms with Gasteiger partial charge in [0.1, 0.15) is 5.82 Å². The van der Waals surface area contributed by atoms with E-state index in [1.165, 1.54) is 10.5 Å². The molecule has 2 aromatic carbocycles. The van der Waals surface area contributed by atoms with E-state index in [-0.39, 0.29) is 12.5 Å². The number of fused-ring (bicyclic) bond motifs is 5. The topological polar surface area (TPSA) is 59.0 Å². The summed E-state index contributed by atoms with van der Waals surface area (Å²) in [6, 6.07) is 17.1. The zero-order valence-electron chi connectivity index (χ0n) is 15.5. The second kappa shape index (κ2) is 7.45. The van der Waals surface area contributed by atoms with Crippen molar-refractivity contribution in [3.63, 3.8) is 0 Å². The van der Waals surface area contributed by atoms with Gasteiger partial charge in [-0.25, -0.2) is 4.98 Å². The number of carbonyl (C=O) groups excluding carboxylic acids is 1. The van der Waals surface area contributed by atoms with Crippen molar-refractivity contribution in [1.29, 1.82) is 0 Å². The fraction of sp³-hybridized carbons (Fsp3) is 0.273. The van der Waals surface area contributed by atoms with Crippen molar-refractivity contribution >= 4 is 23.4 Å². The molecule has 0 spiro atoms. The molecule has 1 amide bonds. The van der Waals surface area contributed by atoms with Crippen LogP contribution in [0.25, 0.3) is 0 Å². The Morgan fingerprint density at radius 3 is 2.86 bits per heavy atom. The molecule has 2 aliphatic heterocycles. The Bertz CT molecular complexity index is 1030. The number of anilines is 1. The highest BCUT2D eigenvalue weighted by molar-refractivity contribution is 7.99. The molecule has 2 N–H and O–H groups in total. The molecule has 1 atom stereocenters. The third-order valence-electron chi connectivity index (χ3n) is 5.33. The second-order valence-electron chi connectivity index (χ2n) is 7.30. The fourth-order valence-corrected chi connectivity index (χ4v) is 5.05. The maximum atomic E-state index is 12.3. The molecule has 28 heavy (non-hydrogen) atoms. The molecule has 6 heteroatoms. The molecule has 1 aromatic heterocycles. The number of amides is 1. The molecule has 5 nitrogen and oxygen atoms in total. The number of hydrogen-bond donors (Lipinski definition) is 2. The van der Waals surface area contributed by atoms with Gasteiger partial charge in [-0.3, -0.25) is 4.79 Å². The summed E-state index contributed by atoms with van der Waals surface area (Å²) in [5.41, 5.74) is 3.29. The second-order valence-corrected chi connectivity index (χ2v) is 8.44. The number of aryl methyl sites for hydroxylation is 1. The maximum Gasteiger partial charge on any atom is 0.238 e. The highest BCUT2D eigenvalue weighted by Gasteiger charge is 2.25. The lowest BCUT2D eigenvalue weighted by atomic mass is 9.97. The Morgan fingerprint density at radius 1 is 1.07 bits per heavy atom. The third-order valence-corrected chi connectivity index (χ3v) is 6.31. The van der Waals surface area contributed by atoms with Crippen molar-refractivity contribution in [2.75, 3.05) is 11.9 Å². The van der Waals surface area contributed by atoms with Crippen LogP contribution in [0.3, 0.4) is 0 Å². The highest BCUT2D eigenvalue weighted by atomic mass is 32.2. The van der Waals surface area contributed by atoms with E-state index in [1.54, 1.807) is 11.8 Å². The van der Waals surface area contributed by atoms with E-state index in [1.807, 2.05) is 24.4 Å². The van der Waals surface area contributed by atoms with Crippen LogP contribution in [0.1, 0.15) is 36.0 Å². The SMILES string of the molecule is O=C1CNCc2cnc3n2C(CCC3)c2cccc(c2)Sc2cccc(c2)N1. The molecule has 3 heterocycles. The molecule has 5 rings (SSSR count). The molecule has 4 bridgehead atoms. The maximum absolute atomic E-state index is 12.3. The minimum atomic E-state index is -0.0347. The lowest BCUT2D eigenvalue weighted by Crippen LogP contribution is -2.29. The van der Waals surface area contributed by atoms with Crippen LogP contribution in [0, 0.1) is 0 Å². The molecule has 142 valence electrons. The van der Waals surface area contributed by atoms with Crippen molar-refractivity contribution < 1.29 is 4.79 Å². The zero-order valence-corrected chi connectivity index (χ0v) is 16.3. The van der Waals surface area contributed by atoms with Gasteiger partial charge in [-0.1, -0.05) is 30.0 Å². The van der Waals surface area contributed by atoms with Gasteiger partial charge in [0, 0.05) is 34.6 Å². The van der Waals surface area contributed by atoms with Crippen LogP contribution in [-0.4, -0.2) is 22.0 Å². The van der Waals surface area contributed by atoms with Crippen molar-refractivity contribution in [3.05, 3.63) is 71.8 Å². The molecule has 2 aliphatic rings. The number of imidazole rings is 1. The van der Waals surface area contributed by atoms with Gasteiger partial charge in [0.15, 0.2) is 0 Å². The minimum Gasteiger partial charge on any atom is -0.325 e. The number of aromatic nitrogens is 2. The molecule has 3 aromatic rings. The summed E-state index contributed by atoms with van der Waals surface area (Å²) in [6.45, 7) is 0.904. The quantitative estimate of drug-likeness (QED) is 0.609.